The molecule has 0 aliphatic rings. The van der Waals surface area contributed by atoms with Gasteiger partial charge in [-0.2, -0.15) is 5.26 Å². The molecular formula is C17H18FN3OS. The number of hydrogen-bond donors (Lipinski definition) is 1. The first kappa shape index (κ1) is 17.1. The highest BCUT2D eigenvalue weighted by molar-refractivity contribution is 7.16. The van der Waals surface area contributed by atoms with Crippen molar-refractivity contribution >= 4 is 22.2 Å². The van der Waals surface area contributed by atoms with Gasteiger partial charge in [0.05, 0.1) is 12.1 Å². The van der Waals surface area contributed by atoms with Crippen molar-refractivity contribution in [2.24, 2.45) is 0 Å². The molecular weight excluding hydrogens is 313 g/mol. The normalized spacial score (nSPS) is 10.6. The molecule has 0 saturated carbocycles. The van der Waals surface area contributed by atoms with Crippen LogP contribution in [0.3, 0.4) is 0 Å². The van der Waals surface area contributed by atoms with E-state index in [1.54, 1.807) is 18.0 Å². The van der Waals surface area contributed by atoms with E-state index in [9.17, 15) is 14.4 Å². The van der Waals surface area contributed by atoms with E-state index in [0.29, 0.717) is 17.1 Å². The molecule has 0 unspecified atom stereocenters. The first-order chi connectivity index (χ1) is 10.9. The summed E-state index contributed by atoms with van der Waals surface area (Å²) in [4.78, 5) is 15.0. The molecule has 6 heteroatoms. The van der Waals surface area contributed by atoms with E-state index in [1.807, 2.05) is 19.9 Å². The van der Waals surface area contributed by atoms with Gasteiger partial charge < -0.3 is 5.32 Å². The molecule has 1 aromatic carbocycles. The Morgan fingerprint density at radius 1 is 1.43 bits per heavy atom. The van der Waals surface area contributed by atoms with Crippen molar-refractivity contribution in [1.29, 1.82) is 5.26 Å². The van der Waals surface area contributed by atoms with Gasteiger partial charge in [-0.25, -0.2) is 4.39 Å². The zero-order valence-corrected chi connectivity index (χ0v) is 14.1. The average molecular weight is 331 g/mol. The van der Waals surface area contributed by atoms with Gasteiger partial charge in [0.2, 0.25) is 5.91 Å². The van der Waals surface area contributed by atoms with Gasteiger partial charge in [-0.1, -0.05) is 12.1 Å². The number of nitriles is 1. The van der Waals surface area contributed by atoms with Gasteiger partial charge in [0.1, 0.15) is 16.9 Å². The van der Waals surface area contributed by atoms with Crippen molar-refractivity contribution in [2.75, 3.05) is 18.9 Å². The Labute approximate surface area is 139 Å². The Hall–Kier alpha value is -2.23. The van der Waals surface area contributed by atoms with Crippen LogP contribution in [0.2, 0.25) is 0 Å². The zero-order chi connectivity index (χ0) is 17.0. The summed E-state index contributed by atoms with van der Waals surface area (Å²) in [5.74, 6) is -0.481. The highest BCUT2D eigenvalue weighted by atomic mass is 32.1. The van der Waals surface area contributed by atoms with Crippen LogP contribution in [-0.4, -0.2) is 24.4 Å². The summed E-state index contributed by atoms with van der Waals surface area (Å²) < 4.78 is 13.2. The minimum absolute atomic E-state index is 0.164. The number of nitrogens with zero attached hydrogens (tertiary/aromatic N) is 2. The van der Waals surface area contributed by atoms with Crippen molar-refractivity contribution in [3.63, 3.8) is 0 Å². The number of aryl methyl sites for hydroxylation is 1. The molecule has 23 heavy (non-hydrogen) atoms. The molecule has 1 N–H and O–H groups in total. The van der Waals surface area contributed by atoms with Crippen LogP contribution in [0, 0.1) is 31.0 Å². The van der Waals surface area contributed by atoms with Gasteiger partial charge in [-0.05, 0) is 44.2 Å². The molecule has 1 aromatic heterocycles. The van der Waals surface area contributed by atoms with E-state index in [0.717, 1.165) is 16.0 Å². The molecule has 1 heterocycles. The predicted octanol–water partition coefficient (Wildman–Crippen LogP) is 3.45. The third-order valence-corrected chi connectivity index (χ3v) is 4.63. The van der Waals surface area contributed by atoms with Gasteiger partial charge >= 0.3 is 0 Å². The lowest BCUT2D eigenvalue weighted by molar-refractivity contribution is -0.117. The number of nitrogens with one attached hydrogen (secondary N) is 1. The Morgan fingerprint density at radius 3 is 2.83 bits per heavy atom. The molecule has 1 amide bonds. The van der Waals surface area contributed by atoms with Gasteiger partial charge in [0.25, 0.3) is 0 Å². The van der Waals surface area contributed by atoms with E-state index in [4.69, 9.17) is 0 Å². The van der Waals surface area contributed by atoms with E-state index in [-0.39, 0.29) is 18.3 Å². The average Bonchev–Trinajstić information content (AvgIpc) is 2.72. The van der Waals surface area contributed by atoms with Crippen molar-refractivity contribution in [2.45, 2.75) is 20.4 Å². The number of benzene rings is 1. The molecule has 0 atom stereocenters. The van der Waals surface area contributed by atoms with Crippen molar-refractivity contribution in [3.8, 4) is 6.07 Å². The van der Waals surface area contributed by atoms with Gasteiger partial charge in [0, 0.05) is 11.4 Å². The predicted molar refractivity (Wildman–Crippen MR) is 89.9 cm³/mol. The minimum Gasteiger partial charge on any atom is -0.315 e. The van der Waals surface area contributed by atoms with E-state index >= 15 is 0 Å². The number of likely N-dealkylation sites (N-methyl/N-ethyl adjacent to an activating group) is 1. The lowest BCUT2D eigenvalue weighted by Crippen LogP contribution is -2.29. The monoisotopic (exact) mass is 331 g/mol. The third kappa shape index (κ3) is 4.38. The Balaban J connectivity index is 1.97. The van der Waals surface area contributed by atoms with E-state index < -0.39 is 0 Å². The number of carbonyl (C=O) groups is 1. The second-order valence-corrected chi connectivity index (χ2v) is 6.67. The fourth-order valence-electron chi connectivity index (χ4n) is 2.26. The third-order valence-electron chi connectivity index (χ3n) is 3.51. The number of halogens is 1. The second kappa shape index (κ2) is 7.36. The summed E-state index contributed by atoms with van der Waals surface area (Å²) in [5.41, 5.74) is 2.23. The van der Waals surface area contributed by atoms with Crippen LogP contribution in [0.15, 0.2) is 24.3 Å². The number of amides is 1. The molecule has 0 fully saturated rings. The fourth-order valence-corrected chi connectivity index (χ4v) is 3.29. The van der Waals surface area contributed by atoms with Crippen molar-refractivity contribution < 1.29 is 9.18 Å². The molecule has 0 aliphatic carbocycles. The van der Waals surface area contributed by atoms with Crippen LogP contribution in [0.1, 0.15) is 21.6 Å². The highest BCUT2D eigenvalue weighted by Gasteiger charge is 2.15. The SMILES string of the molecule is Cc1sc(NC(=O)CN(C)Cc2cccc(F)c2)c(C#N)c1C. The van der Waals surface area contributed by atoms with Crippen LogP contribution in [0.4, 0.5) is 9.39 Å². The quantitative estimate of drug-likeness (QED) is 0.913. The number of hydrogen-bond acceptors (Lipinski definition) is 4. The largest absolute Gasteiger partial charge is 0.315 e. The molecule has 0 spiro atoms. The maximum absolute atomic E-state index is 13.2. The molecule has 0 aliphatic heterocycles. The maximum Gasteiger partial charge on any atom is 0.239 e. The first-order valence-electron chi connectivity index (χ1n) is 7.13. The lowest BCUT2D eigenvalue weighted by Gasteiger charge is -2.16. The topological polar surface area (TPSA) is 56.1 Å². The highest BCUT2D eigenvalue weighted by Crippen LogP contribution is 2.31. The summed E-state index contributed by atoms with van der Waals surface area (Å²) in [5, 5.41) is 12.6. The molecule has 2 aromatic rings. The summed E-state index contributed by atoms with van der Waals surface area (Å²) in [6, 6.07) is 8.44. The van der Waals surface area contributed by atoms with Gasteiger partial charge in [-0.3, -0.25) is 9.69 Å². The molecule has 4 nitrogen and oxygen atoms in total. The summed E-state index contributed by atoms with van der Waals surface area (Å²) in [7, 11) is 1.79. The Morgan fingerprint density at radius 2 is 2.17 bits per heavy atom. The van der Waals surface area contributed by atoms with Gasteiger partial charge in [-0.15, -0.1) is 11.3 Å². The lowest BCUT2D eigenvalue weighted by atomic mass is 10.2. The van der Waals surface area contributed by atoms with Crippen LogP contribution in [-0.2, 0) is 11.3 Å². The standard InChI is InChI=1S/C17H18FN3OS/c1-11-12(2)23-17(15(11)8-19)20-16(22)10-21(3)9-13-5-4-6-14(18)7-13/h4-7H,9-10H2,1-3H3,(H,20,22). The van der Waals surface area contributed by atoms with Gasteiger partial charge in [0.15, 0.2) is 0 Å². The molecule has 0 saturated heterocycles. The summed E-state index contributed by atoms with van der Waals surface area (Å²) in [6.45, 7) is 4.43. The number of anilines is 1. The smallest absolute Gasteiger partial charge is 0.239 e. The maximum atomic E-state index is 13.2. The van der Waals surface area contributed by atoms with Crippen LogP contribution >= 0.6 is 11.3 Å². The van der Waals surface area contributed by atoms with Crippen LogP contribution in [0.25, 0.3) is 0 Å². The van der Waals surface area contributed by atoms with Crippen LogP contribution in [0.5, 0.6) is 0 Å². The number of rotatable bonds is 5. The van der Waals surface area contributed by atoms with E-state index in [1.165, 1.54) is 23.5 Å². The Kier molecular flexibility index (Phi) is 5.48. The van der Waals surface area contributed by atoms with Crippen molar-refractivity contribution in [3.05, 3.63) is 51.7 Å². The van der Waals surface area contributed by atoms with Crippen LogP contribution < -0.4 is 5.32 Å². The first-order valence-corrected chi connectivity index (χ1v) is 7.95. The molecule has 0 radical (unpaired) electrons. The molecule has 0 bridgehead atoms. The second-order valence-electron chi connectivity index (χ2n) is 5.45. The zero-order valence-electron chi connectivity index (χ0n) is 13.3. The summed E-state index contributed by atoms with van der Waals surface area (Å²) in [6.07, 6.45) is 0. The molecule has 120 valence electrons. The fraction of sp³-hybridized carbons (Fsp3) is 0.294. The molecule has 2 rings (SSSR count). The van der Waals surface area contributed by atoms with E-state index in [2.05, 4.69) is 11.4 Å². The van der Waals surface area contributed by atoms with Crippen molar-refractivity contribution in [1.82, 2.24) is 4.90 Å². The summed E-state index contributed by atoms with van der Waals surface area (Å²) >= 11 is 1.40. The Bertz CT molecular complexity index is 764. The number of thiophene rings is 1. The number of carbonyl (C=O) groups excluding carboxylic acids is 1. The minimum atomic E-state index is -0.288.